The van der Waals surface area contributed by atoms with Crippen LogP contribution >= 0.6 is 0 Å². The highest BCUT2D eigenvalue weighted by Gasteiger charge is 2.09. The zero-order chi connectivity index (χ0) is 15.9. The van der Waals surface area contributed by atoms with Gasteiger partial charge in [0.1, 0.15) is 11.5 Å². The lowest BCUT2D eigenvalue weighted by Crippen LogP contribution is -2.07. The van der Waals surface area contributed by atoms with Crippen LogP contribution in [0.15, 0.2) is 54.6 Å². The van der Waals surface area contributed by atoms with Gasteiger partial charge in [-0.05, 0) is 42.8 Å². The van der Waals surface area contributed by atoms with E-state index in [9.17, 15) is 9.59 Å². The average molecular weight is 296 g/mol. The van der Waals surface area contributed by atoms with Crippen molar-refractivity contribution >= 4 is 17.8 Å². The minimum atomic E-state index is -0.537. The molecular weight excluding hydrogens is 280 g/mol. The molecule has 0 radical (unpaired) electrons. The van der Waals surface area contributed by atoms with Crippen molar-refractivity contribution in [3.8, 4) is 11.5 Å². The molecule has 4 nitrogen and oxygen atoms in total. The molecule has 0 aromatic heterocycles. The third-order valence-corrected chi connectivity index (χ3v) is 3.00. The number of hydrogen-bond acceptors (Lipinski definition) is 4. The van der Waals surface area contributed by atoms with Crippen LogP contribution in [0.5, 0.6) is 11.5 Å². The van der Waals surface area contributed by atoms with Gasteiger partial charge in [-0.1, -0.05) is 24.3 Å². The molecule has 0 aliphatic rings. The fourth-order valence-electron chi connectivity index (χ4n) is 1.87. The Balaban J connectivity index is 2.06. The molecule has 2 aromatic rings. The summed E-state index contributed by atoms with van der Waals surface area (Å²) in [6, 6.07) is 13.9. The Labute approximate surface area is 129 Å². The predicted octanol–water partition coefficient (Wildman–Crippen LogP) is 3.52. The minimum Gasteiger partial charge on any atom is -0.497 e. The Morgan fingerprint density at radius 1 is 1.00 bits per heavy atom. The van der Waals surface area contributed by atoms with Gasteiger partial charge in [-0.3, -0.25) is 4.79 Å². The van der Waals surface area contributed by atoms with Crippen LogP contribution in [0.1, 0.15) is 22.8 Å². The van der Waals surface area contributed by atoms with Crippen LogP contribution < -0.4 is 9.47 Å². The summed E-state index contributed by atoms with van der Waals surface area (Å²) in [7, 11) is 1.59. The molecule has 0 unspecified atom stereocenters. The maximum Gasteiger partial charge on any atom is 0.336 e. The fraction of sp³-hybridized carbons (Fsp3) is 0.111. The normalized spacial score (nSPS) is 10.5. The van der Waals surface area contributed by atoms with E-state index in [0.717, 1.165) is 11.3 Å². The molecule has 0 amide bonds. The summed E-state index contributed by atoms with van der Waals surface area (Å²) in [6.45, 7) is 1.43. The molecule has 2 rings (SSSR count). The molecule has 0 heterocycles. The van der Waals surface area contributed by atoms with E-state index in [0.29, 0.717) is 5.56 Å². The van der Waals surface area contributed by atoms with Crippen LogP contribution in [0.4, 0.5) is 0 Å². The smallest absolute Gasteiger partial charge is 0.336 e. The van der Waals surface area contributed by atoms with E-state index in [4.69, 9.17) is 9.47 Å². The number of ketones is 1. The van der Waals surface area contributed by atoms with Crippen molar-refractivity contribution in [1.29, 1.82) is 0 Å². The summed E-state index contributed by atoms with van der Waals surface area (Å²) in [5.74, 6) is 0.321. The molecule has 112 valence electrons. The lowest BCUT2D eigenvalue weighted by molar-refractivity contribution is -0.128. The summed E-state index contributed by atoms with van der Waals surface area (Å²) < 4.78 is 10.3. The SMILES string of the molecule is COc1ccc(C=CC(=O)Oc2ccccc2C(C)=O)cc1. The second-order valence-corrected chi connectivity index (χ2v) is 4.58. The Morgan fingerprint density at radius 2 is 1.68 bits per heavy atom. The van der Waals surface area contributed by atoms with Gasteiger partial charge in [-0.2, -0.15) is 0 Å². The Morgan fingerprint density at radius 3 is 2.32 bits per heavy atom. The maximum absolute atomic E-state index is 11.8. The molecule has 22 heavy (non-hydrogen) atoms. The number of para-hydroxylation sites is 1. The molecule has 0 saturated heterocycles. The van der Waals surface area contributed by atoms with E-state index in [1.807, 2.05) is 12.1 Å². The summed E-state index contributed by atoms with van der Waals surface area (Å²) in [6.07, 6.45) is 2.96. The number of rotatable bonds is 5. The summed E-state index contributed by atoms with van der Waals surface area (Å²) >= 11 is 0. The van der Waals surface area contributed by atoms with Crippen molar-refractivity contribution in [2.75, 3.05) is 7.11 Å². The monoisotopic (exact) mass is 296 g/mol. The molecule has 0 spiro atoms. The quantitative estimate of drug-likeness (QED) is 0.367. The molecule has 0 saturated carbocycles. The van der Waals surface area contributed by atoms with E-state index in [1.165, 1.54) is 13.0 Å². The summed E-state index contributed by atoms with van der Waals surface area (Å²) in [5, 5.41) is 0. The molecule has 0 aliphatic carbocycles. The van der Waals surface area contributed by atoms with Crippen molar-refractivity contribution in [1.82, 2.24) is 0 Å². The van der Waals surface area contributed by atoms with Gasteiger partial charge in [-0.15, -0.1) is 0 Å². The second kappa shape index (κ2) is 7.22. The molecule has 2 aromatic carbocycles. The largest absolute Gasteiger partial charge is 0.497 e. The zero-order valence-electron chi connectivity index (χ0n) is 12.4. The number of ether oxygens (including phenoxy) is 2. The van der Waals surface area contributed by atoms with Gasteiger partial charge in [0.15, 0.2) is 5.78 Å². The highest BCUT2D eigenvalue weighted by molar-refractivity contribution is 5.98. The number of esters is 1. The predicted molar refractivity (Wildman–Crippen MR) is 84.1 cm³/mol. The molecule has 0 atom stereocenters. The van der Waals surface area contributed by atoms with Crippen molar-refractivity contribution in [2.24, 2.45) is 0 Å². The second-order valence-electron chi connectivity index (χ2n) is 4.58. The average Bonchev–Trinajstić information content (AvgIpc) is 2.53. The van der Waals surface area contributed by atoms with Crippen molar-refractivity contribution in [3.63, 3.8) is 0 Å². The van der Waals surface area contributed by atoms with E-state index in [2.05, 4.69) is 0 Å². The molecular formula is C18H16O4. The molecule has 0 bridgehead atoms. The van der Waals surface area contributed by atoms with Gasteiger partial charge in [-0.25, -0.2) is 4.79 Å². The van der Waals surface area contributed by atoms with Crippen molar-refractivity contribution < 1.29 is 19.1 Å². The zero-order valence-corrected chi connectivity index (χ0v) is 12.4. The van der Waals surface area contributed by atoms with Gasteiger partial charge < -0.3 is 9.47 Å². The molecule has 4 heteroatoms. The van der Waals surface area contributed by atoms with Gasteiger partial charge >= 0.3 is 5.97 Å². The first-order chi connectivity index (χ1) is 10.6. The molecule has 0 aliphatic heterocycles. The maximum atomic E-state index is 11.8. The van der Waals surface area contributed by atoms with Crippen LogP contribution in [-0.4, -0.2) is 18.9 Å². The van der Waals surface area contributed by atoms with E-state index in [-0.39, 0.29) is 11.5 Å². The van der Waals surface area contributed by atoms with Gasteiger partial charge in [0.05, 0.1) is 12.7 Å². The van der Waals surface area contributed by atoms with Gasteiger partial charge in [0.25, 0.3) is 0 Å². The lowest BCUT2D eigenvalue weighted by atomic mass is 10.1. The third kappa shape index (κ3) is 4.06. The van der Waals surface area contributed by atoms with Crippen molar-refractivity contribution in [3.05, 3.63) is 65.7 Å². The number of Topliss-reactive ketones (excluding diaryl/α,β-unsaturated/α-hetero) is 1. The Hall–Kier alpha value is -2.88. The molecule has 0 fully saturated rings. The number of carbonyl (C=O) groups excluding carboxylic acids is 2. The van der Waals surface area contributed by atoms with Crippen LogP contribution in [-0.2, 0) is 4.79 Å². The van der Waals surface area contributed by atoms with Crippen molar-refractivity contribution in [2.45, 2.75) is 6.92 Å². The van der Waals surface area contributed by atoms with E-state index < -0.39 is 5.97 Å². The highest BCUT2D eigenvalue weighted by atomic mass is 16.5. The first-order valence-electron chi connectivity index (χ1n) is 6.74. The Kier molecular flexibility index (Phi) is 5.09. The summed E-state index contributed by atoms with van der Waals surface area (Å²) in [4.78, 5) is 23.3. The highest BCUT2D eigenvalue weighted by Crippen LogP contribution is 2.19. The van der Waals surface area contributed by atoms with E-state index in [1.54, 1.807) is 49.6 Å². The first kappa shape index (κ1) is 15.5. The van der Waals surface area contributed by atoms with E-state index >= 15 is 0 Å². The fourth-order valence-corrected chi connectivity index (χ4v) is 1.87. The third-order valence-electron chi connectivity index (χ3n) is 3.00. The standard InChI is InChI=1S/C18H16O4/c1-13(19)16-5-3-4-6-17(16)22-18(20)12-9-14-7-10-15(21-2)11-8-14/h3-12H,1-2H3. The summed E-state index contributed by atoms with van der Waals surface area (Å²) in [5.41, 5.74) is 1.23. The van der Waals surface area contributed by atoms with Crippen LogP contribution in [0.3, 0.4) is 0 Å². The van der Waals surface area contributed by atoms with Gasteiger partial charge in [0.2, 0.25) is 0 Å². The van der Waals surface area contributed by atoms with Crippen LogP contribution in [0.2, 0.25) is 0 Å². The van der Waals surface area contributed by atoms with Crippen LogP contribution in [0, 0.1) is 0 Å². The number of carbonyl (C=O) groups is 2. The number of hydrogen-bond donors (Lipinski definition) is 0. The first-order valence-corrected chi connectivity index (χ1v) is 6.74. The van der Waals surface area contributed by atoms with Crippen LogP contribution in [0.25, 0.3) is 6.08 Å². The van der Waals surface area contributed by atoms with Gasteiger partial charge in [0, 0.05) is 6.08 Å². The minimum absolute atomic E-state index is 0.150. The molecule has 0 N–H and O–H groups in total. The topological polar surface area (TPSA) is 52.6 Å². The Bertz CT molecular complexity index is 699. The number of methoxy groups -OCH3 is 1. The lowest BCUT2D eigenvalue weighted by Gasteiger charge is -2.05. The number of benzene rings is 2.